The van der Waals surface area contributed by atoms with Crippen molar-refractivity contribution in [2.75, 3.05) is 31.7 Å². The van der Waals surface area contributed by atoms with E-state index in [0.717, 1.165) is 44.1 Å². The molecule has 45 heavy (non-hydrogen) atoms. The van der Waals surface area contributed by atoms with Crippen LogP contribution in [0.15, 0.2) is 48.6 Å². The zero-order valence-corrected chi connectivity index (χ0v) is 28.0. The fourth-order valence-electron chi connectivity index (χ4n) is 7.91. The quantitative estimate of drug-likeness (QED) is 0.327. The van der Waals surface area contributed by atoms with Crippen LogP contribution in [0, 0.1) is 23.7 Å². The fourth-order valence-corrected chi connectivity index (χ4v) is 9.48. The van der Waals surface area contributed by atoms with Gasteiger partial charge in [-0.3, -0.25) is 9.59 Å². The van der Waals surface area contributed by atoms with Crippen LogP contribution in [0.4, 0.5) is 5.69 Å². The number of amides is 1. The number of methoxy groups -OCH3 is 1. The molecule has 0 radical (unpaired) electrons. The average Bonchev–Trinajstić information content (AvgIpc) is 3.16. The number of aldehydes is 1. The normalized spacial score (nSPS) is 35.1. The van der Waals surface area contributed by atoms with Crippen LogP contribution in [0.3, 0.4) is 0 Å². The van der Waals surface area contributed by atoms with Crippen LogP contribution >= 0.6 is 11.6 Å². The number of sulfonamides is 1. The SMILES string of the molecule is CO[C@@]1(C=O)/C=C/[C@H](C)[C@H](C)[C@@H](C)S(=O)(=O)NC(=O)c2ccc3c(c2)N(C[C@@H]2CC[C@H]21)C[C@@]1(CCCc2cc(Cl)ccc21)CO3. The second-order valence-corrected chi connectivity index (χ2v) is 16.1. The van der Waals surface area contributed by atoms with E-state index in [1.165, 1.54) is 11.1 Å². The van der Waals surface area contributed by atoms with E-state index in [2.05, 4.69) is 21.8 Å². The molecule has 2 bridgehead atoms. The molecule has 2 heterocycles. The highest BCUT2D eigenvalue weighted by molar-refractivity contribution is 7.90. The van der Waals surface area contributed by atoms with Crippen LogP contribution in [0.25, 0.3) is 0 Å². The van der Waals surface area contributed by atoms with E-state index in [4.69, 9.17) is 21.1 Å². The second kappa shape index (κ2) is 12.0. The largest absolute Gasteiger partial charge is 0.490 e. The Labute approximate surface area is 271 Å². The lowest BCUT2D eigenvalue weighted by atomic mass is 9.64. The molecule has 1 saturated carbocycles. The third-order valence-corrected chi connectivity index (χ3v) is 13.4. The molecule has 242 valence electrons. The summed E-state index contributed by atoms with van der Waals surface area (Å²) in [6.07, 6.45) is 9.29. The highest BCUT2D eigenvalue weighted by Gasteiger charge is 2.49. The topological polar surface area (TPSA) is 102 Å². The Kier molecular flexibility index (Phi) is 8.59. The molecule has 7 atom stereocenters. The Morgan fingerprint density at radius 2 is 1.93 bits per heavy atom. The Balaban J connectivity index is 1.47. The zero-order chi connectivity index (χ0) is 32.1. The molecule has 1 N–H and O–H groups in total. The first-order valence-corrected chi connectivity index (χ1v) is 17.9. The van der Waals surface area contributed by atoms with E-state index in [-0.39, 0.29) is 34.7 Å². The van der Waals surface area contributed by atoms with Crippen molar-refractivity contribution in [3.8, 4) is 5.75 Å². The first kappa shape index (κ1) is 32.1. The van der Waals surface area contributed by atoms with E-state index in [1.54, 1.807) is 32.2 Å². The fraction of sp³-hybridized carbons (Fsp3) is 0.543. The number of benzene rings is 2. The van der Waals surface area contributed by atoms with Crippen molar-refractivity contribution < 1.29 is 27.5 Å². The van der Waals surface area contributed by atoms with Gasteiger partial charge >= 0.3 is 0 Å². The molecule has 0 unspecified atom stereocenters. The molecule has 1 fully saturated rings. The van der Waals surface area contributed by atoms with Crippen LogP contribution in [-0.4, -0.2) is 58.3 Å². The molecule has 0 saturated heterocycles. The standard InChI is InChI=1S/C35H43ClN2O6S/c1-22-13-15-35(20-39,43-4)30-10-7-27(30)18-38-19-34(14-5-6-25-16-28(36)9-11-29(25)34)21-44-32-12-8-26(17-31(32)38)33(40)37-45(41,42)24(3)23(22)2/h8-9,11-13,15-17,20,22-24,27,30H,5-7,10,14,18-19,21H2,1-4H3,(H,37,40)/b15-13+/t22-,23-,24+,27-,30+,34-,35+/m0/s1. The predicted molar refractivity (Wildman–Crippen MR) is 176 cm³/mol. The summed E-state index contributed by atoms with van der Waals surface area (Å²) in [4.78, 5) is 28.6. The predicted octanol–water partition coefficient (Wildman–Crippen LogP) is 5.71. The van der Waals surface area contributed by atoms with Gasteiger partial charge in [0.15, 0.2) is 6.29 Å². The van der Waals surface area contributed by atoms with Crippen LogP contribution in [0.5, 0.6) is 5.75 Å². The van der Waals surface area contributed by atoms with Crippen molar-refractivity contribution in [2.45, 2.75) is 69.1 Å². The lowest BCUT2D eigenvalue weighted by molar-refractivity contribution is -0.136. The van der Waals surface area contributed by atoms with Crippen LogP contribution < -0.4 is 14.4 Å². The third-order valence-electron chi connectivity index (χ3n) is 11.2. The number of hydrogen-bond acceptors (Lipinski definition) is 7. The molecule has 2 aliphatic carbocycles. The lowest BCUT2D eigenvalue weighted by Crippen LogP contribution is -2.53. The summed E-state index contributed by atoms with van der Waals surface area (Å²) >= 11 is 6.41. The molecule has 2 aliphatic heterocycles. The summed E-state index contributed by atoms with van der Waals surface area (Å²) < 4.78 is 41.7. The van der Waals surface area contributed by atoms with Gasteiger partial charge in [-0.15, -0.1) is 0 Å². The van der Waals surface area contributed by atoms with Crippen molar-refractivity contribution in [1.29, 1.82) is 0 Å². The second-order valence-electron chi connectivity index (χ2n) is 13.7. The van der Waals surface area contributed by atoms with E-state index >= 15 is 0 Å². The number of nitrogens with one attached hydrogen (secondary N) is 1. The lowest BCUT2D eigenvalue weighted by Gasteiger charge is -2.48. The highest BCUT2D eigenvalue weighted by Crippen LogP contribution is 2.48. The molecule has 1 spiro atoms. The van der Waals surface area contributed by atoms with Crippen LogP contribution in [0.1, 0.15) is 67.9 Å². The minimum absolute atomic E-state index is 0.0553. The molecule has 8 nitrogen and oxygen atoms in total. The molecular weight excluding hydrogens is 612 g/mol. The summed E-state index contributed by atoms with van der Waals surface area (Å²) in [5, 5.41) is -0.147. The maximum atomic E-state index is 13.5. The summed E-state index contributed by atoms with van der Waals surface area (Å²) in [5.41, 5.74) is 2.02. The maximum Gasteiger partial charge on any atom is 0.264 e. The molecule has 6 rings (SSSR count). The third kappa shape index (κ3) is 5.69. The number of carbonyl (C=O) groups is 2. The number of ether oxygens (including phenoxy) is 2. The van der Waals surface area contributed by atoms with E-state index < -0.39 is 26.8 Å². The Bertz CT molecular complexity index is 1630. The van der Waals surface area contributed by atoms with Crippen molar-refractivity contribution >= 4 is 39.5 Å². The first-order chi connectivity index (χ1) is 21.4. The summed E-state index contributed by atoms with van der Waals surface area (Å²) in [6, 6.07) is 11.3. The average molecular weight is 655 g/mol. The maximum absolute atomic E-state index is 13.5. The molecule has 2 aromatic carbocycles. The van der Waals surface area contributed by atoms with Crippen molar-refractivity contribution in [3.63, 3.8) is 0 Å². The summed E-state index contributed by atoms with van der Waals surface area (Å²) in [6.45, 7) is 7.12. The summed E-state index contributed by atoms with van der Waals surface area (Å²) in [5.74, 6) is -0.453. The summed E-state index contributed by atoms with van der Waals surface area (Å²) in [7, 11) is -2.43. The monoisotopic (exact) mass is 654 g/mol. The number of nitrogens with zero attached hydrogens (tertiary/aromatic N) is 1. The van der Waals surface area contributed by atoms with Crippen LogP contribution in [-0.2, 0) is 31.4 Å². The smallest absolute Gasteiger partial charge is 0.264 e. The van der Waals surface area contributed by atoms with Gasteiger partial charge in [-0.25, -0.2) is 13.1 Å². The molecule has 0 aromatic heterocycles. The minimum atomic E-state index is -4.01. The first-order valence-electron chi connectivity index (χ1n) is 16.0. The molecule has 2 aromatic rings. The van der Waals surface area contributed by atoms with Gasteiger partial charge < -0.3 is 14.4 Å². The van der Waals surface area contributed by atoms with E-state index in [0.29, 0.717) is 30.5 Å². The number of rotatable bonds is 2. The van der Waals surface area contributed by atoms with Gasteiger partial charge in [-0.1, -0.05) is 37.6 Å². The van der Waals surface area contributed by atoms with Gasteiger partial charge in [-0.2, -0.15) is 0 Å². The van der Waals surface area contributed by atoms with Crippen molar-refractivity contribution in [3.05, 3.63) is 70.3 Å². The molecule has 4 aliphatic rings. The number of allylic oxidation sites excluding steroid dienone is 1. The number of aryl methyl sites for hydroxylation is 1. The van der Waals surface area contributed by atoms with E-state index in [1.807, 2.05) is 32.1 Å². The van der Waals surface area contributed by atoms with Gasteiger partial charge in [0.2, 0.25) is 10.0 Å². The number of anilines is 1. The van der Waals surface area contributed by atoms with Gasteiger partial charge in [0.05, 0.1) is 17.5 Å². The number of halogens is 1. The van der Waals surface area contributed by atoms with Crippen molar-refractivity contribution in [1.82, 2.24) is 4.72 Å². The van der Waals surface area contributed by atoms with Gasteiger partial charge in [0.25, 0.3) is 5.91 Å². The van der Waals surface area contributed by atoms with Crippen LogP contribution in [0.2, 0.25) is 5.02 Å². The minimum Gasteiger partial charge on any atom is -0.490 e. The molecule has 1 amide bonds. The Hall–Kier alpha value is -2.88. The molecule has 10 heteroatoms. The number of carbonyl (C=O) groups excluding carboxylic acids is 2. The van der Waals surface area contributed by atoms with Crippen molar-refractivity contribution in [2.24, 2.45) is 23.7 Å². The van der Waals surface area contributed by atoms with Gasteiger partial charge in [0, 0.05) is 42.1 Å². The Morgan fingerprint density at radius 3 is 2.64 bits per heavy atom. The van der Waals surface area contributed by atoms with Gasteiger partial charge in [0.1, 0.15) is 11.4 Å². The zero-order valence-electron chi connectivity index (χ0n) is 26.4. The molecular formula is C35H43ClN2O6S. The number of hydrogen-bond donors (Lipinski definition) is 1. The van der Waals surface area contributed by atoms with E-state index in [9.17, 15) is 18.0 Å². The number of fused-ring (bicyclic) bond motifs is 4. The highest BCUT2D eigenvalue weighted by atomic mass is 35.5. The Morgan fingerprint density at radius 1 is 1.13 bits per heavy atom. The van der Waals surface area contributed by atoms with Gasteiger partial charge in [-0.05, 0) is 104 Å².